The number of carbonyl (C=O) groups excluding carboxylic acids is 1. The van der Waals surface area contributed by atoms with Gasteiger partial charge in [0.05, 0.1) is 6.61 Å². The summed E-state index contributed by atoms with van der Waals surface area (Å²) in [4.78, 5) is 11.5. The lowest BCUT2D eigenvalue weighted by molar-refractivity contribution is -0.146. The van der Waals surface area contributed by atoms with Crippen molar-refractivity contribution >= 4 is 5.97 Å². The zero-order valence-corrected chi connectivity index (χ0v) is 7.82. The average Bonchev–Trinajstić information content (AvgIpc) is 2.62. The summed E-state index contributed by atoms with van der Waals surface area (Å²) >= 11 is 0. The van der Waals surface area contributed by atoms with Gasteiger partial charge in [0, 0.05) is 5.92 Å². The Balaban J connectivity index is 2.00. The summed E-state index contributed by atoms with van der Waals surface area (Å²) in [5, 5.41) is 3.22. The molecule has 0 radical (unpaired) electrons. The van der Waals surface area contributed by atoms with Crippen molar-refractivity contribution in [3.05, 3.63) is 12.2 Å². The molecule has 1 heterocycles. The monoisotopic (exact) mass is 181 g/mol. The van der Waals surface area contributed by atoms with Gasteiger partial charge in [-0.05, 0) is 25.8 Å². The number of allylic oxidation sites excluding steroid dienone is 1. The number of fused-ring (bicyclic) bond motifs is 1. The fraction of sp³-hybridized carbons (Fsp3) is 0.700. The Bertz CT molecular complexity index is 237. The minimum atomic E-state index is -0.0958. The molecule has 0 aromatic carbocycles. The Kier molecular flexibility index (Phi) is 2.36. The smallest absolute Gasteiger partial charge is 0.323 e. The summed E-state index contributed by atoms with van der Waals surface area (Å²) in [6, 6.07) is -0.0938. The van der Waals surface area contributed by atoms with E-state index in [9.17, 15) is 4.79 Å². The second-order valence-corrected chi connectivity index (χ2v) is 3.64. The van der Waals surface area contributed by atoms with Gasteiger partial charge in [0.25, 0.3) is 0 Å². The van der Waals surface area contributed by atoms with Gasteiger partial charge in [-0.15, -0.1) is 0 Å². The van der Waals surface area contributed by atoms with Crippen molar-refractivity contribution in [3.63, 3.8) is 0 Å². The largest absolute Gasteiger partial charge is 0.465 e. The van der Waals surface area contributed by atoms with Crippen LogP contribution in [0.2, 0.25) is 0 Å². The Morgan fingerprint density at radius 1 is 1.69 bits per heavy atom. The Labute approximate surface area is 78.1 Å². The third-order valence-corrected chi connectivity index (χ3v) is 2.87. The molecule has 1 saturated heterocycles. The van der Waals surface area contributed by atoms with Crippen LogP contribution in [-0.4, -0.2) is 25.2 Å². The standard InChI is InChI=1S/C10H15NO2/c1-2-13-10(12)9-8-5-3-4-7(8)6-11-9/h3,5,7-9,11H,2,4,6H2,1H3. The molecule has 0 aromatic heterocycles. The lowest BCUT2D eigenvalue weighted by Crippen LogP contribution is -2.36. The molecule has 1 fully saturated rings. The SMILES string of the molecule is CCOC(=O)C1NCC2CC=CC21. The maximum atomic E-state index is 11.5. The summed E-state index contributed by atoms with van der Waals surface area (Å²) in [5.41, 5.74) is 0. The minimum absolute atomic E-state index is 0.0938. The molecule has 1 aliphatic carbocycles. The van der Waals surface area contributed by atoms with Gasteiger partial charge in [0.15, 0.2) is 0 Å². The van der Waals surface area contributed by atoms with Crippen LogP contribution in [0, 0.1) is 11.8 Å². The molecule has 0 bridgehead atoms. The van der Waals surface area contributed by atoms with Gasteiger partial charge >= 0.3 is 5.97 Å². The summed E-state index contributed by atoms with van der Waals surface area (Å²) in [7, 11) is 0. The summed E-state index contributed by atoms with van der Waals surface area (Å²) in [6.07, 6.45) is 5.42. The molecule has 1 aliphatic heterocycles. The molecule has 2 rings (SSSR count). The normalized spacial score (nSPS) is 36.2. The highest BCUT2D eigenvalue weighted by molar-refractivity contribution is 5.77. The molecule has 13 heavy (non-hydrogen) atoms. The minimum Gasteiger partial charge on any atom is -0.465 e. The van der Waals surface area contributed by atoms with Gasteiger partial charge in [-0.1, -0.05) is 12.2 Å². The van der Waals surface area contributed by atoms with Crippen LogP contribution in [0.4, 0.5) is 0 Å². The Morgan fingerprint density at radius 3 is 3.31 bits per heavy atom. The maximum absolute atomic E-state index is 11.5. The van der Waals surface area contributed by atoms with E-state index in [2.05, 4.69) is 17.5 Å². The molecular weight excluding hydrogens is 166 g/mol. The summed E-state index contributed by atoms with van der Waals surface area (Å²) in [5.74, 6) is 0.898. The fourth-order valence-corrected chi connectivity index (χ4v) is 2.21. The zero-order valence-electron chi connectivity index (χ0n) is 7.82. The van der Waals surface area contributed by atoms with E-state index in [4.69, 9.17) is 4.74 Å². The molecule has 3 heteroatoms. The number of rotatable bonds is 2. The van der Waals surface area contributed by atoms with Crippen molar-refractivity contribution in [2.45, 2.75) is 19.4 Å². The summed E-state index contributed by atoms with van der Waals surface area (Å²) in [6.45, 7) is 3.26. The molecule has 0 amide bonds. The predicted octanol–water partition coefficient (Wildman–Crippen LogP) is 0.714. The van der Waals surface area contributed by atoms with Crippen molar-refractivity contribution < 1.29 is 9.53 Å². The van der Waals surface area contributed by atoms with Crippen LogP contribution in [0.15, 0.2) is 12.2 Å². The van der Waals surface area contributed by atoms with Gasteiger partial charge in [-0.3, -0.25) is 4.79 Å². The topological polar surface area (TPSA) is 38.3 Å². The van der Waals surface area contributed by atoms with Crippen molar-refractivity contribution in [2.75, 3.05) is 13.2 Å². The van der Waals surface area contributed by atoms with Crippen LogP contribution in [0.5, 0.6) is 0 Å². The first kappa shape index (κ1) is 8.75. The van der Waals surface area contributed by atoms with E-state index in [0.29, 0.717) is 18.4 Å². The highest BCUT2D eigenvalue weighted by atomic mass is 16.5. The molecule has 3 unspecified atom stereocenters. The van der Waals surface area contributed by atoms with Crippen molar-refractivity contribution in [3.8, 4) is 0 Å². The lowest BCUT2D eigenvalue weighted by atomic mass is 9.94. The van der Waals surface area contributed by atoms with Gasteiger partial charge in [-0.25, -0.2) is 0 Å². The number of esters is 1. The van der Waals surface area contributed by atoms with Gasteiger partial charge in [0.2, 0.25) is 0 Å². The Hall–Kier alpha value is -0.830. The number of nitrogens with one attached hydrogen (secondary N) is 1. The molecule has 0 saturated carbocycles. The quantitative estimate of drug-likeness (QED) is 0.504. The van der Waals surface area contributed by atoms with E-state index in [-0.39, 0.29) is 12.0 Å². The van der Waals surface area contributed by atoms with Gasteiger partial charge in [0.1, 0.15) is 6.04 Å². The van der Waals surface area contributed by atoms with E-state index >= 15 is 0 Å². The Morgan fingerprint density at radius 2 is 2.54 bits per heavy atom. The first-order valence-electron chi connectivity index (χ1n) is 4.89. The highest BCUT2D eigenvalue weighted by Crippen LogP contribution is 2.32. The van der Waals surface area contributed by atoms with Crippen LogP contribution < -0.4 is 5.32 Å². The third kappa shape index (κ3) is 1.48. The molecule has 0 spiro atoms. The fourth-order valence-electron chi connectivity index (χ4n) is 2.21. The number of ether oxygens (including phenoxy) is 1. The van der Waals surface area contributed by atoms with Gasteiger partial charge < -0.3 is 10.1 Å². The van der Waals surface area contributed by atoms with Crippen LogP contribution in [0.25, 0.3) is 0 Å². The second kappa shape index (κ2) is 3.50. The molecule has 2 aliphatic rings. The van der Waals surface area contributed by atoms with Crippen molar-refractivity contribution in [1.82, 2.24) is 5.32 Å². The van der Waals surface area contributed by atoms with E-state index in [1.165, 1.54) is 0 Å². The first-order chi connectivity index (χ1) is 6.33. The maximum Gasteiger partial charge on any atom is 0.323 e. The van der Waals surface area contributed by atoms with Crippen molar-refractivity contribution in [1.29, 1.82) is 0 Å². The van der Waals surface area contributed by atoms with Crippen molar-refractivity contribution in [2.24, 2.45) is 11.8 Å². The highest BCUT2D eigenvalue weighted by Gasteiger charge is 2.40. The first-order valence-corrected chi connectivity index (χ1v) is 4.89. The molecule has 1 N–H and O–H groups in total. The number of hydrogen-bond acceptors (Lipinski definition) is 3. The second-order valence-electron chi connectivity index (χ2n) is 3.64. The van der Waals surface area contributed by atoms with Crippen LogP contribution in [0.3, 0.4) is 0 Å². The molecular formula is C10H15NO2. The van der Waals surface area contributed by atoms with E-state index in [0.717, 1.165) is 13.0 Å². The number of hydrogen-bond donors (Lipinski definition) is 1. The average molecular weight is 181 g/mol. The zero-order chi connectivity index (χ0) is 9.26. The lowest BCUT2D eigenvalue weighted by Gasteiger charge is -2.14. The van der Waals surface area contributed by atoms with Crippen LogP contribution >= 0.6 is 0 Å². The predicted molar refractivity (Wildman–Crippen MR) is 49.2 cm³/mol. The van der Waals surface area contributed by atoms with E-state index < -0.39 is 0 Å². The van der Waals surface area contributed by atoms with E-state index in [1.807, 2.05) is 6.92 Å². The van der Waals surface area contributed by atoms with Crippen LogP contribution in [-0.2, 0) is 9.53 Å². The summed E-state index contributed by atoms with van der Waals surface area (Å²) < 4.78 is 5.00. The third-order valence-electron chi connectivity index (χ3n) is 2.87. The van der Waals surface area contributed by atoms with E-state index in [1.54, 1.807) is 0 Å². The van der Waals surface area contributed by atoms with Crippen LogP contribution in [0.1, 0.15) is 13.3 Å². The molecule has 3 nitrogen and oxygen atoms in total. The molecule has 0 aromatic rings. The molecule has 72 valence electrons. The van der Waals surface area contributed by atoms with Gasteiger partial charge in [-0.2, -0.15) is 0 Å². The number of carbonyl (C=O) groups is 1. The molecule has 3 atom stereocenters.